The minimum Gasteiger partial charge on any atom is -0.406 e. The Bertz CT molecular complexity index is 572. The van der Waals surface area contributed by atoms with E-state index in [2.05, 4.69) is 10.1 Å². The highest BCUT2D eigenvalue weighted by molar-refractivity contribution is 7.91. The van der Waals surface area contributed by atoms with E-state index in [-0.39, 0.29) is 23.3 Å². The fourth-order valence-corrected chi connectivity index (χ4v) is 3.78. The number of halogens is 3. The maximum atomic E-state index is 12.1. The van der Waals surface area contributed by atoms with Crippen LogP contribution in [0.15, 0.2) is 24.3 Å². The van der Waals surface area contributed by atoms with Crippen LogP contribution in [-0.2, 0) is 16.4 Å². The average Bonchev–Trinajstić information content (AvgIpc) is 2.65. The van der Waals surface area contributed by atoms with E-state index < -0.39 is 16.2 Å². The van der Waals surface area contributed by atoms with E-state index in [0.29, 0.717) is 18.5 Å². The lowest BCUT2D eigenvalue weighted by Crippen LogP contribution is -2.29. The molecule has 1 aliphatic heterocycles. The summed E-state index contributed by atoms with van der Waals surface area (Å²) in [7, 11) is -2.97. The molecule has 1 aromatic carbocycles. The molecule has 1 aromatic rings. The smallest absolute Gasteiger partial charge is 0.406 e. The van der Waals surface area contributed by atoms with Crippen molar-refractivity contribution >= 4 is 9.84 Å². The molecule has 0 radical (unpaired) electrons. The van der Waals surface area contributed by atoms with Crippen molar-refractivity contribution < 1.29 is 26.3 Å². The maximum Gasteiger partial charge on any atom is 0.573 e. The Morgan fingerprint density at radius 3 is 2.70 bits per heavy atom. The lowest BCUT2D eigenvalue weighted by molar-refractivity contribution is -0.274. The predicted molar refractivity (Wildman–Crippen MR) is 67.0 cm³/mol. The van der Waals surface area contributed by atoms with E-state index in [0.717, 1.165) is 0 Å². The van der Waals surface area contributed by atoms with E-state index in [1.54, 1.807) is 6.07 Å². The van der Waals surface area contributed by atoms with Gasteiger partial charge in [-0.15, -0.1) is 13.2 Å². The first kappa shape index (κ1) is 15.1. The number of hydrogen-bond donors (Lipinski definition) is 1. The molecule has 20 heavy (non-hydrogen) atoms. The summed E-state index contributed by atoms with van der Waals surface area (Å²) in [6.45, 7) is 0.301. The van der Waals surface area contributed by atoms with Gasteiger partial charge in [-0.25, -0.2) is 8.42 Å². The quantitative estimate of drug-likeness (QED) is 0.922. The van der Waals surface area contributed by atoms with Gasteiger partial charge in [-0.1, -0.05) is 12.1 Å². The van der Waals surface area contributed by atoms with E-state index in [4.69, 9.17) is 0 Å². The Morgan fingerprint density at radius 2 is 2.10 bits per heavy atom. The minimum atomic E-state index is -4.72. The van der Waals surface area contributed by atoms with Gasteiger partial charge in [0.25, 0.3) is 0 Å². The van der Waals surface area contributed by atoms with E-state index >= 15 is 0 Å². The topological polar surface area (TPSA) is 55.4 Å². The molecule has 1 saturated heterocycles. The molecule has 2 rings (SSSR count). The highest BCUT2D eigenvalue weighted by Gasteiger charge is 2.31. The van der Waals surface area contributed by atoms with Gasteiger partial charge in [0.1, 0.15) is 5.75 Å². The molecule has 1 atom stereocenters. The third-order valence-electron chi connectivity index (χ3n) is 2.96. The van der Waals surface area contributed by atoms with Gasteiger partial charge in [0.05, 0.1) is 11.5 Å². The number of nitrogens with one attached hydrogen (secondary N) is 1. The van der Waals surface area contributed by atoms with Gasteiger partial charge in [0, 0.05) is 12.6 Å². The summed E-state index contributed by atoms with van der Waals surface area (Å²) in [5.74, 6) is -0.0518. The zero-order chi connectivity index (χ0) is 14.8. The molecule has 0 spiro atoms. The Hall–Kier alpha value is -1.28. The fraction of sp³-hybridized carbons (Fsp3) is 0.500. The molecular weight excluding hydrogens is 295 g/mol. The van der Waals surface area contributed by atoms with Crippen LogP contribution in [0, 0.1) is 0 Å². The highest BCUT2D eigenvalue weighted by atomic mass is 32.2. The summed E-state index contributed by atoms with van der Waals surface area (Å²) in [4.78, 5) is 0. The summed E-state index contributed by atoms with van der Waals surface area (Å²) in [6.07, 6.45) is -4.19. The molecule has 112 valence electrons. The average molecular weight is 309 g/mol. The third-order valence-corrected chi connectivity index (χ3v) is 4.73. The van der Waals surface area contributed by atoms with Gasteiger partial charge in [0.15, 0.2) is 9.84 Å². The number of ether oxygens (including phenoxy) is 1. The molecule has 0 aliphatic carbocycles. The predicted octanol–water partition coefficient (Wildman–Crippen LogP) is 1.86. The van der Waals surface area contributed by atoms with Crippen LogP contribution in [0.1, 0.15) is 12.0 Å². The molecule has 8 heteroatoms. The summed E-state index contributed by atoms with van der Waals surface area (Å²) < 4.78 is 62.6. The molecule has 1 heterocycles. The fourth-order valence-electron chi connectivity index (χ4n) is 2.07. The first-order chi connectivity index (χ1) is 9.23. The highest BCUT2D eigenvalue weighted by Crippen LogP contribution is 2.23. The zero-order valence-electron chi connectivity index (χ0n) is 10.5. The third kappa shape index (κ3) is 4.68. The van der Waals surface area contributed by atoms with Crippen LogP contribution >= 0.6 is 0 Å². The van der Waals surface area contributed by atoms with Crippen LogP contribution in [0.2, 0.25) is 0 Å². The number of sulfone groups is 1. The zero-order valence-corrected chi connectivity index (χ0v) is 11.3. The van der Waals surface area contributed by atoms with Crippen molar-refractivity contribution in [1.29, 1.82) is 0 Å². The van der Waals surface area contributed by atoms with Crippen LogP contribution in [0.25, 0.3) is 0 Å². The number of hydrogen-bond acceptors (Lipinski definition) is 4. The maximum absolute atomic E-state index is 12.1. The second-order valence-electron chi connectivity index (χ2n) is 4.68. The standard InChI is InChI=1S/C12H14F3NO3S/c13-12(14,15)19-11-3-1-2-9(6-11)7-16-10-4-5-20(17,18)8-10/h1-3,6,10,16H,4-5,7-8H2. The number of rotatable bonds is 4. The normalized spacial score (nSPS) is 21.9. The van der Waals surface area contributed by atoms with Crippen LogP contribution in [0.3, 0.4) is 0 Å². The molecule has 0 saturated carbocycles. The summed E-state index contributed by atoms with van der Waals surface area (Å²) in [5.41, 5.74) is 0.607. The molecular formula is C12H14F3NO3S. The van der Waals surface area contributed by atoms with E-state index in [9.17, 15) is 21.6 Å². The lowest BCUT2D eigenvalue weighted by Gasteiger charge is -2.12. The molecule has 0 aromatic heterocycles. The van der Waals surface area contributed by atoms with Crippen molar-refractivity contribution in [2.75, 3.05) is 11.5 Å². The SMILES string of the molecule is O=S1(=O)CCC(NCc2cccc(OC(F)(F)F)c2)C1. The molecule has 1 aliphatic rings. The Labute approximate surface area is 114 Å². The van der Waals surface area contributed by atoms with Gasteiger partial charge >= 0.3 is 6.36 Å². The molecule has 1 fully saturated rings. The summed E-state index contributed by atoms with van der Waals surface area (Å²) in [6, 6.07) is 5.47. The number of alkyl halides is 3. The van der Waals surface area contributed by atoms with Gasteiger partial charge in [-0.2, -0.15) is 0 Å². The lowest BCUT2D eigenvalue weighted by atomic mass is 10.2. The van der Waals surface area contributed by atoms with Gasteiger partial charge in [0.2, 0.25) is 0 Å². The second kappa shape index (κ2) is 5.61. The largest absolute Gasteiger partial charge is 0.573 e. The molecule has 1 N–H and O–H groups in total. The summed E-state index contributed by atoms with van der Waals surface area (Å²) >= 11 is 0. The van der Waals surface area contributed by atoms with Crippen LogP contribution in [-0.4, -0.2) is 32.3 Å². The number of benzene rings is 1. The van der Waals surface area contributed by atoms with Gasteiger partial charge in [-0.05, 0) is 24.1 Å². The molecule has 0 bridgehead atoms. The van der Waals surface area contributed by atoms with Crippen molar-refractivity contribution in [3.63, 3.8) is 0 Å². The van der Waals surface area contributed by atoms with Crippen molar-refractivity contribution in [2.24, 2.45) is 0 Å². The molecule has 0 amide bonds. The summed E-state index contributed by atoms with van der Waals surface area (Å²) in [5, 5.41) is 3.03. The second-order valence-corrected chi connectivity index (χ2v) is 6.90. The van der Waals surface area contributed by atoms with Crippen LogP contribution in [0.4, 0.5) is 13.2 Å². The monoisotopic (exact) mass is 309 g/mol. The van der Waals surface area contributed by atoms with Crippen molar-refractivity contribution in [3.05, 3.63) is 29.8 Å². The van der Waals surface area contributed by atoms with Crippen molar-refractivity contribution in [2.45, 2.75) is 25.4 Å². The minimum absolute atomic E-state index is 0.0751. The van der Waals surface area contributed by atoms with Crippen molar-refractivity contribution in [1.82, 2.24) is 5.32 Å². The molecule has 1 unspecified atom stereocenters. The Morgan fingerprint density at radius 1 is 1.35 bits per heavy atom. The van der Waals surface area contributed by atoms with Gasteiger partial charge < -0.3 is 10.1 Å². The van der Waals surface area contributed by atoms with Crippen molar-refractivity contribution in [3.8, 4) is 5.75 Å². The Kier molecular flexibility index (Phi) is 4.24. The van der Waals surface area contributed by atoms with Crippen LogP contribution in [0.5, 0.6) is 5.75 Å². The van der Waals surface area contributed by atoms with Gasteiger partial charge in [-0.3, -0.25) is 0 Å². The first-order valence-corrected chi connectivity index (χ1v) is 7.84. The van der Waals surface area contributed by atoms with Crippen LogP contribution < -0.4 is 10.1 Å². The Balaban J connectivity index is 1.92. The first-order valence-electron chi connectivity index (χ1n) is 6.02. The van der Waals surface area contributed by atoms with E-state index in [1.165, 1.54) is 18.2 Å². The van der Waals surface area contributed by atoms with E-state index in [1.807, 2.05) is 0 Å². The molecule has 4 nitrogen and oxygen atoms in total.